The lowest BCUT2D eigenvalue weighted by atomic mass is 10.2. The highest BCUT2D eigenvalue weighted by molar-refractivity contribution is 8.18. The highest BCUT2D eigenvalue weighted by atomic mass is 32.2. The Labute approximate surface area is 191 Å². The van der Waals surface area contributed by atoms with Gasteiger partial charge in [-0.3, -0.25) is 19.3 Å². The van der Waals surface area contributed by atoms with Crippen LogP contribution in [0.4, 0.5) is 13.6 Å². The summed E-state index contributed by atoms with van der Waals surface area (Å²) in [6, 6.07) is 12.7. The highest BCUT2D eigenvalue weighted by Crippen LogP contribution is 2.33. The minimum Gasteiger partial charge on any atom is -0.485 e. The summed E-state index contributed by atoms with van der Waals surface area (Å²) in [6.07, 6.45) is 0.645. The molecule has 1 atom stereocenters. The zero-order valence-electron chi connectivity index (χ0n) is 17.0. The molecule has 2 aliphatic rings. The molecular weight excluding hydrogens is 458 g/mol. The van der Waals surface area contributed by atoms with Crippen molar-refractivity contribution < 1.29 is 37.4 Å². The number of alkyl halides is 2. The molecule has 33 heavy (non-hydrogen) atoms. The van der Waals surface area contributed by atoms with E-state index >= 15 is 0 Å². The number of rotatable bonds is 7. The van der Waals surface area contributed by atoms with E-state index in [1.807, 2.05) is 0 Å². The van der Waals surface area contributed by atoms with Gasteiger partial charge < -0.3 is 19.5 Å². The van der Waals surface area contributed by atoms with Crippen molar-refractivity contribution in [2.75, 3.05) is 19.7 Å². The zero-order chi connectivity index (χ0) is 23.4. The van der Waals surface area contributed by atoms with E-state index in [4.69, 9.17) is 9.47 Å². The van der Waals surface area contributed by atoms with E-state index in [-0.39, 0.29) is 30.4 Å². The number of fused-ring (bicyclic) bond motifs is 1. The standard InChI is InChI=1S/C22H18F2N2O6S/c23-21(24)31-14-7-5-13(6-8-14)11-18-20(28)26(22(29)33-18)10-9-25-19(27)17-12-30-15-3-1-2-4-16(15)32-17/h1-8,11,17,21H,9-10,12H2,(H,25,27)/b18-11+/t17-/m1/s1. The van der Waals surface area contributed by atoms with Crippen molar-refractivity contribution in [3.8, 4) is 17.2 Å². The molecule has 1 N–H and O–H groups in total. The predicted molar refractivity (Wildman–Crippen MR) is 115 cm³/mol. The van der Waals surface area contributed by atoms with Gasteiger partial charge in [0.05, 0.1) is 4.91 Å². The van der Waals surface area contributed by atoms with Crippen molar-refractivity contribution in [3.05, 3.63) is 59.0 Å². The van der Waals surface area contributed by atoms with Gasteiger partial charge >= 0.3 is 6.61 Å². The second kappa shape index (κ2) is 9.90. The predicted octanol–water partition coefficient (Wildman–Crippen LogP) is 3.28. The molecule has 3 amide bonds. The van der Waals surface area contributed by atoms with E-state index in [1.54, 1.807) is 24.3 Å². The molecular formula is C22H18F2N2O6S. The maximum Gasteiger partial charge on any atom is 0.387 e. The Hall–Kier alpha value is -3.60. The number of ether oxygens (including phenoxy) is 3. The third-order valence-electron chi connectivity index (χ3n) is 4.71. The number of benzene rings is 2. The van der Waals surface area contributed by atoms with Gasteiger partial charge in [-0.25, -0.2) is 0 Å². The second-order valence-electron chi connectivity index (χ2n) is 6.94. The Morgan fingerprint density at radius 1 is 1.18 bits per heavy atom. The summed E-state index contributed by atoms with van der Waals surface area (Å²) in [5.41, 5.74) is 0.546. The molecule has 8 nitrogen and oxygen atoms in total. The van der Waals surface area contributed by atoms with Crippen molar-refractivity contribution in [1.29, 1.82) is 0 Å². The Bertz CT molecular complexity index is 1090. The maximum atomic E-state index is 12.6. The Morgan fingerprint density at radius 2 is 1.91 bits per heavy atom. The molecule has 172 valence electrons. The average Bonchev–Trinajstić information content (AvgIpc) is 3.07. The van der Waals surface area contributed by atoms with Crippen LogP contribution in [0.3, 0.4) is 0 Å². The van der Waals surface area contributed by atoms with Gasteiger partial charge in [0.25, 0.3) is 17.1 Å². The van der Waals surface area contributed by atoms with E-state index in [0.29, 0.717) is 17.1 Å². The topological polar surface area (TPSA) is 94.2 Å². The largest absolute Gasteiger partial charge is 0.485 e. The number of imide groups is 1. The number of nitrogens with zero attached hydrogens (tertiary/aromatic N) is 1. The average molecular weight is 476 g/mol. The Kier molecular flexibility index (Phi) is 6.78. The van der Waals surface area contributed by atoms with Gasteiger partial charge in [0.15, 0.2) is 11.5 Å². The normalized spacial score (nSPS) is 18.7. The van der Waals surface area contributed by atoms with Crippen LogP contribution in [0, 0.1) is 0 Å². The van der Waals surface area contributed by atoms with Crippen LogP contribution in [-0.2, 0) is 9.59 Å². The first-order chi connectivity index (χ1) is 15.9. The number of halogens is 2. The zero-order valence-corrected chi connectivity index (χ0v) is 17.8. The van der Waals surface area contributed by atoms with Crippen LogP contribution in [0.25, 0.3) is 6.08 Å². The van der Waals surface area contributed by atoms with Crippen molar-refractivity contribution in [1.82, 2.24) is 10.2 Å². The van der Waals surface area contributed by atoms with Crippen LogP contribution < -0.4 is 19.5 Å². The number of hydrogen-bond donors (Lipinski definition) is 1. The first-order valence-corrected chi connectivity index (χ1v) is 10.7. The van der Waals surface area contributed by atoms with E-state index in [0.717, 1.165) is 16.7 Å². The molecule has 1 fully saturated rings. The number of thioether (sulfide) groups is 1. The van der Waals surface area contributed by atoms with Gasteiger partial charge in [-0.05, 0) is 47.7 Å². The first kappa shape index (κ1) is 22.6. The lowest BCUT2D eigenvalue weighted by molar-refractivity contribution is -0.131. The molecule has 4 rings (SSSR count). The van der Waals surface area contributed by atoms with Crippen LogP contribution in [0.5, 0.6) is 17.2 Å². The number of para-hydroxylation sites is 2. The van der Waals surface area contributed by atoms with Gasteiger partial charge in [0, 0.05) is 13.1 Å². The van der Waals surface area contributed by atoms with E-state index in [1.165, 1.54) is 30.3 Å². The minimum atomic E-state index is -2.93. The minimum absolute atomic E-state index is 0.0122. The molecule has 0 unspecified atom stereocenters. The first-order valence-electron chi connectivity index (χ1n) is 9.87. The van der Waals surface area contributed by atoms with Gasteiger partial charge in [-0.2, -0.15) is 8.78 Å². The molecule has 0 aromatic heterocycles. The Morgan fingerprint density at radius 3 is 2.64 bits per heavy atom. The molecule has 2 heterocycles. The smallest absolute Gasteiger partial charge is 0.387 e. The van der Waals surface area contributed by atoms with Crippen LogP contribution >= 0.6 is 11.8 Å². The molecule has 0 aliphatic carbocycles. The summed E-state index contributed by atoms with van der Waals surface area (Å²) >= 11 is 0.761. The van der Waals surface area contributed by atoms with E-state index in [9.17, 15) is 23.2 Å². The SMILES string of the molecule is O=C(NCCN1C(=O)S/C(=C/c2ccc(OC(F)F)cc2)C1=O)[C@H]1COc2ccccc2O1. The van der Waals surface area contributed by atoms with Gasteiger partial charge in [0.2, 0.25) is 6.10 Å². The summed E-state index contributed by atoms with van der Waals surface area (Å²) < 4.78 is 39.9. The molecule has 2 aromatic carbocycles. The monoisotopic (exact) mass is 476 g/mol. The summed E-state index contributed by atoms with van der Waals surface area (Å²) in [7, 11) is 0. The van der Waals surface area contributed by atoms with Crippen molar-refractivity contribution in [3.63, 3.8) is 0 Å². The fourth-order valence-corrected chi connectivity index (χ4v) is 4.01. The molecule has 0 spiro atoms. The number of nitrogens with one attached hydrogen (secondary N) is 1. The third-order valence-corrected chi connectivity index (χ3v) is 5.62. The number of carbonyl (C=O) groups is 3. The third kappa shape index (κ3) is 5.43. The van der Waals surface area contributed by atoms with E-state index in [2.05, 4.69) is 10.1 Å². The lowest BCUT2D eigenvalue weighted by Crippen LogP contribution is -2.46. The fourth-order valence-electron chi connectivity index (χ4n) is 3.14. The van der Waals surface area contributed by atoms with Gasteiger partial charge in [0.1, 0.15) is 12.4 Å². The number of amides is 3. The Balaban J connectivity index is 1.29. The number of carbonyl (C=O) groups excluding carboxylic acids is 3. The van der Waals surface area contributed by atoms with Crippen molar-refractivity contribution in [2.24, 2.45) is 0 Å². The van der Waals surface area contributed by atoms with Crippen molar-refractivity contribution >= 4 is 34.9 Å². The van der Waals surface area contributed by atoms with Crippen LogP contribution in [0.15, 0.2) is 53.4 Å². The highest BCUT2D eigenvalue weighted by Gasteiger charge is 2.35. The fraction of sp³-hybridized carbons (Fsp3) is 0.227. The lowest BCUT2D eigenvalue weighted by Gasteiger charge is -2.25. The summed E-state index contributed by atoms with van der Waals surface area (Å²) in [6.45, 7) is -2.85. The summed E-state index contributed by atoms with van der Waals surface area (Å²) in [4.78, 5) is 38.4. The second-order valence-corrected chi connectivity index (χ2v) is 7.93. The molecule has 2 aromatic rings. The molecule has 0 bridgehead atoms. The molecule has 11 heteroatoms. The molecule has 2 aliphatic heterocycles. The summed E-state index contributed by atoms with van der Waals surface area (Å²) in [5, 5.41) is 2.18. The van der Waals surface area contributed by atoms with Crippen LogP contribution in [0.1, 0.15) is 5.56 Å². The summed E-state index contributed by atoms with van der Waals surface area (Å²) in [5.74, 6) is 0.0920. The molecule has 0 saturated carbocycles. The molecule has 1 saturated heterocycles. The number of hydrogen-bond acceptors (Lipinski definition) is 7. The van der Waals surface area contributed by atoms with Crippen LogP contribution in [-0.4, -0.2) is 54.4 Å². The van der Waals surface area contributed by atoms with Gasteiger partial charge in [-0.15, -0.1) is 0 Å². The quantitative estimate of drug-likeness (QED) is 0.613. The van der Waals surface area contributed by atoms with Crippen molar-refractivity contribution in [2.45, 2.75) is 12.7 Å². The molecule has 0 radical (unpaired) electrons. The van der Waals surface area contributed by atoms with E-state index < -0.39 is 29.8 Å². The maximum absolute atomic E-state index is 12.6. The van der Waals surface area contributed by atoms with Crippen LogP contribution in [0.2, 0.25) is 0 Å². The van der Waals surface area contributed by atoms with Gasteiger partial charge in [-0.1, -0.05) is 24.3 Å².